The molecule has 0 saturated carbocycles. The van der Waals surface area contributed by atoms with Crippen LogP contribution in [0.15, 0.2) is 18.2 Å². The lowest BCUT2D eigenvalue weighted by molar-refractivity contribution is 0.159. The predicted octanol–water partition coefficient (Wildman–Crippen LogP) is 1.95. The minimum absolute atomic E-state index is 0.298. The van der Waals surface area contributed by atoms with E-state index in [0.29, 0.717) is 30.6 Å². The summed E-state index contributed by atoms with van der Waals surface area (Å²) in [5, 5.41) is 21.0. The van der Waals surface area contributed by atoms with Crippen LogP contribution in [0.2, 0.25) is 0 Å². The zero-order valence-corrected chi connectivity index (χ0v) is 9.91. The zero-order chi connectivity index (χ0) is 12.7. The second-order valence-electron chi connectivity index (χ2n) is 3.95. The maximum absolute atomic E-state index is 13.4. The van der Waals surface area contributed by atoms with Crippen molar-refractivity contribution in [1.29, 1.82) is 5.26 Å². The molecule has 1 rings (SSSR count). The number of hydrogen-bond acceptors (Lipinski definition) is 3. The van der Waals surface area contributed by atoms with Crippen LogP contribution in [0.1, 0.15) is 30.9 Å². The molecule has 1 unspecified atom stereocenters. The normalized spacial score (nSPS) is 12.1. The number of nitrogens with zero attached hydrogens (tertiary/aromatic N) is 1. The van der Waals surface area contributed by atoms with Crippen LogP contribution in [-0.2, 0) is 6.54 Å². The van der Waals surface area contributed by atoms with Crippen molar-refractivity contribution in [3.63, 3.8) is 0 Å². The van der Waals surface area contributed by atoms with Gasteiger partial charge >= 0.3 is 0 Å². The van der Waals surface area contributed by atoms with Gasteiger partial charge in [0.1, 0.15) is 5.82 Å². The number of nitriles is 1. The molecule has 1 atom stereocenters. The summed E-state index contributed by atoms with van der Waals surface area (Å²) in [4.78, 5) is 0. The van der Waals surface area contributed by atoms with Gasteiger partial charge in [-0.3, -0.25) is 0 Å². The maximum atomic E-state index is 13.4. The molecule has 0 bridgehead atoms. The lowest BCUT2D eigenvalue weighted by Crippen LogP contribution is -2.20. The molecule has 1 aromatic rings. The molecule has 0 aromatic heterocycles. The van der Waals surface area contributed by atoms with Crippen LogP contribution in [0.25, 0.3) is 0 Å². The fourth-order valence-electron chi connectivity index (χ4n) is 1.46. The van der Waals surface area contributed by atoms with Gasteiger partial charge in [-0.1, -0.05) is 13.0 Å². The first-order chi connectivity index (χ1) is 8.17. The van der Waals surface area contributed by atoms with Gasteiger partial charge < -0.3 is 10.4 Å². The van der Waals surface area contributed by atoms with E-state index in [0.717, 1.165) is 6.42 Å². The van der Waals surface area contributed by atoms with E-state index in [4.69, 9.17) is 5.26 Å². The smallest absolute Gasteiger partial charge is 0.129 e. The molecule has 92 valence electrons. The van der Waals surface area contributed by atoms with E-state index >= 15 is 0 Å². The van der Waals surface area contributed by atoms with Crippen molar-refractivity contribution in [3.8, 4) is 6.07 Å². The second kappa shape index (κ2) is 7.00. The van der Waals surface area contributed by atoms with Gasteiger partial charge in [0.25, 0.3) is 0 Å². The minimum atomic E-state index is -0.368. The summed E-state index contributed by atoms with van der Waals surface area (Å²) in [5.74, 6) is -0.368. The largest absolute Gasteiger partial charge is 0.393 e. The standard InChI is InChI=1S/C13H17FN2O/c1-2-12(17)5-6-16-9-11-4-3-10(8-15)7-13(11)14/h3-4,7,12,16-17H,2,5-6,9H2,1H3. The highest BCUT2D eigenvalue weighted by Gasteiger charge is 2.04. The molecule has 1 aromatic carbocycles. The number of rotatable bonds is 6. The van der Waals surface area contributed by atoms with Crippen molar-refractivity contribution in [3.05, 3.63) is 35.1 Å². The Morgan fingerprint density at radius 2 is 2.29 bits per heavy atom. The minimum Gasteiger partial charge on any atom is -0.393 e. The van der Waals surface area contributed by atoms with E-state index in [2.05, 4.69) is 5.32 Å². The monoisotopic (exact) mass is 236 g/mol. The average Bonchev–Trinajstić information content (AvgIpc) is 2.35. The Bertz CT molecular complexity index is 401. The molecule has 0 aliphatic carbocycles. The van der Waals surface area contributed by atoms with E-state index in [1.165, 1.54) is 6.07 Å². The third-order valence-corrected chi connectivity index (χ3v) is 2.62. The van der Waals surface area contributed by atoms with Crippen molar-refractivity contribution in [2.45, 2.75) is 32.4 Å². The van der Waals surface area contributed by atoms with Crippen LogP contribution in [0, 0.1) is 17.1 Å². The predicted molar refractivity (Wildman–Crippen MR) is 63.7 cm³/mol. The van der Waals surface area contributed by atoms with Gasteiger partial charge in [-0.2, -0.15) is 5.26 Å². The van der Waals surface area contributed by atoms with E-state index in [1.807, 2.05) is 13.0 Å². The number of hydrogen-bond donors (Lipinski definition) is 2. The van der Waals surface area contributed by atoms with Crippen LogP contribution in [0.4, 0.5) is 4.39 Å². The van der Waals surface area contributed by atoms with Crippen molar-refractivity contribution >= 4 is 0 Å². The van der Waals surface area contributed by atoms with Crippen molar-refractivity contribution < 1.29 is 9.50 Å². The van der Waals surface area contributed by atoms with E-state index in [9.17, 15) is 9.50 Å². The average molecular weight is 236 g/mol. The molecule has 0 saturated heterocycles. The van der Waals surface area contributed by atoms with Gasteiger partial charge in [-0.05, 0) is 31.5 Å². The highest BCUT2D eigenvalue weighted by molar-refractivity contribution is 5.32. The number of aliphatic hydroxyl groups excluding tert-OH is 1. The molecule has 2 N–H and O–H groups in total. The SMILES string of the molecule is CCC(O)CCNCc1ccc(C#N)cc1F. The maximum Gasteiger partial charge on any atom is 0.129 e. The van der Waals surface area contributed by atoms with E-state index in [1.54, 1.807) is 12.1 Å². The lowest BCUT2D eigenvalue weighted by Gasteiger charge is -2.09. The molecule has 0 spiro atoms. The summed E-state index contributed by atoms with van der Waals surface area (Å²) in [5.41, 5.74) is 0.864. The van der Waals surface area contributed by atoms with Gasteiger partial charge in [-0.15, -0.1) is 0 Å². The van der Waals surface area contributed by atoms with E-state index < -0.39 is 0 Å². The Morgan fingerprint density at radius 1 is 1.53 bits per heavy atom. The van der Waals surface area contributed by atoms with Crippen LogP contribution in [0.5, 0.6) is 0 Å². The molecule has 0 aliphatic heterocycles. The fourth-order valence-corrected chi connectivity index (χ4v) is 1.46. The summed E-state index contributed by atoms with van der Waals surface area (Å²) in [6.45, 7) is 2.98. The summed E-state index contributed by atoms with van der Waals surface area (Å²) in [6.07, 6.45) is 1.09. The first kappa shape index (κ1) is 13.6. The van der Waals surface area contributed by atoms with Crippen LogP contribution < -0.4 is 5.32 Å². The summed E-state index contributed by atoms with van der Waals surface area (Å²) in [6, 6.07) is 6.33. The Balaban J connectivity index is 2.40. The molecule has 0 heterocycles. The molecule has 0 aliphatic rings. The lowest BCUT2D eigenvalue weighted by atomic mass is 10.1. The van der Waals surface area contributed by atoms with Crippen LogP contribution in [0.3, 0.4) is 0 Å². The summed E-state index contributed by atoms with van der Waals surface area (Å²) < 4.78 is 13.4. The van der Waals surface area contributed by atoms with Crippen molar-refractivity contribution in [2.24, 2.45) is 0 Å². The second-order valence-corrected chi connectivity index (χ2v) is 3.95. The Morgan fingerprint density at radius 3 is 2.88 bits per heavy atom. The fraction of sp³-hybridized carbons (Fsp3) is 0.462. The van der Waals surface area contributed by atoms with Crippen molar-refractivity contribution in [2.75, 3.05) is 6.54 Å². The molecule has 0 amide bonds. The Labute approximate surface area is 101 Å². The topological polar surface area (TPSA) is 56.0 Å². The number of halogens is 1. The zero-order valence-electron chi connectivity index (χ0n) is 9.91. The van der Waals surface area contributed by atoms with Crippen LogP contribution in [-0.4, -0.2) is 17.8 Å². The summed E-state index contributed by atoms with van der Waals surface area (Å²) in [7, 11) is 0. The van der Waals surface area contributed by atoms with Gasteiger partial charge in [0.05, 0.1) is 17.7 Å². The molecule has 0 fully saturated rings. The molecule has 3 nitrogen and oxygen atoms in total. The Kier molecular flexibility index (Phi) is 5.61. The molecule has 4 heteroatoms. The third kappa shape index (κ3) is 4.51. The van der Waals surface area contributed by atoms with E-state index in [-0.39, 0.29) is 11.9 Å². The molecule has 17 heavy (non-hydrogen) atoms. The first-order valence-corrected chi connectivity index (χ1v) is 5.74. The molecule has 0 radical (unpaired) electrons. The number of nitrogens with one attached hydrogen (secondary N) is 1. The third-order valence-electron chi connectivity index (χ3n) is 2.62. The van der Waals surface area contributed by atoms with Gasteiger partial charge in [0.2, 0.25) is 0 Å². The van der Waals surface area contributed by atoms with Gasteiger partial charge in [0, 0.05) is 12.1 Å². The highest BCUT2D eigenvalue weighted by Crippen LogP contribution is 2.09. The Hall–Kier alpha value is -1.44. The summed E-state index contributed by atoms with van der Waals surface area (Å²) >= 11 is 0. The first-order valence-electron chi connectivity index (χ1n) is 5.74. The van der Waals surface area contributed by atoms with Gasteiger partial charge in [-0.25, -0.2) is 4.39 Å². The van der Waals surface area contributed by atoms with Gasteiger partial charge in [0.15, 0.2) is 0 Å². The number of aliphatic hydroxyl groups is 1. The van der Waals surface area contributed by atoms with Crippen LogP contribution >= 0.6 is 0 Å². The highest BCUT2D eigenvalue weighted by atomic mass is 19.1. The molecular formula is C13H17FN2O. The molecular weight excluding hydrogens is 219 g/mol. The quantitative estimate of drug-likeness (QED) is 0.742. The van der Waals surface area contributed by atoms with Crippen molar-refractivity contribution in [1.82, 2.24) is 5.32 Å². The number of benzene rings is 1.